The first-order valence-electron chi connectivity index (χ1n) is 8.67. The molecule has 1 aliphatic carbocycles. The third kappa shape index (κ3) is 3.11. The molecule has 1 N–H and O–H groups in total. The van der Waals surface area contributed by atoms with Crippen molar-refractivity contribution in [2.75, 3.05) is 18.8 Å². The Bertz CT molecular complexity index is 821. The van der Waals surface area contributed by atoms with Gasteiger partial charge in [-0.05, 0) is 44.9 Å². The highest BCUT2D eigenvalue weighted by atomic mass is 32.2. The molecule has 2 aliphatic rings. The monoisotopic (exact) mass is 363 g/mol. The van der Waals surface area contributed by atoms with Gasteiger partial charge in [-0.15, -0.1) is 11.3 Å². The van der Waals surface area contributed by atoms with Gasteiger partial charge < -0.3 is 9.88 Å². The van der Waals surface area contributed by atoms with Crippen LogP contribution in [0.25, 0.3) is 10.3 Å². The van der Waals surface area contributed by atoms with Crippen LogP contribution in [0.15, 0.2) is 9.95 Å². The number of aromatic nitrogens is 2. The van der Waals surface area contributed by atoms with Crippen molar-refractivity contribution in [2.45, 2.75) is 50.1 Å². The van der Waals surface area contributed by atoms with E-state index in [4.69, 9.17) is 0 Å². The summed E-state index contributed by atoms with van der Waals surface area (Å²) in [6.07, 6.45) is 7.56. The van der Waals surface area contributed by atoms with E-state index in [2.05, 4.69) is 9.97 Å². The molecule has 0 radical (unpaired) electrons. The van der Waals surface area contributed by atoms with Crippen molar-refractivity contribution >= 4 is 39.4 Å². The van der Waals surface area contributed by atoms with Crippen LogP contribution in [0, 0.1) is 0 Å². The Kier molecular flexibility index (Phi) is 4.63. The number of thioether (sulfide) groups is 1. The van der Waals surface area contributed by atoms with E-state index in [9.17, 15) is 9.59 Å². The number of rotatable bonds is 3. The molecule has 0 spiro atoms. The van der Waals surface area contributed by atoms with E-state index < -0.39 is 0 Å². The first-order valence-corrected chi connectivity index (χ1v) is 10.5. The Balaban J connectivity index is 1.52. The van der Waals surface area contributed by atoms with Gasteiger partial charge >= 0.3 is 0 Å². The van der Waals surface area contributed by atoms with Crippen LogP contribution < -0.4 is 5.43 Å². The van der Waals surface area contributed by atoms with Crippen molar-refractivity contribution in [3.8, 4) is 0 Å². The van der Waals surface area contributed by atoms with Crippen molar-refractivity contribution in [3.63, 3.8) is 0 Å². The maximum absolute atomic E-state index is 12.6. The summed E-state index contributed by atoms with van der Waals surface area (Å²) in [4.78, 5) is 36.5. The summed E-state index contributed by atoms with van der Waals surface area (Å²) < 4.78 is 0. The van der Waals surface area contributed by atoms with Gasteiger partial charge in [-0.25, -0.2) is 4.98 Å². The van der Waals surface area contributed by atoms with Gasteiger partial charge in [0, 0.05) is 23.5 Å². The number of likely N-dealkylation sites (tertiary alicyclic amines) is 1. The molecular formula is C17H21N3O2S2. The van der Waals surface area contributed by atoms with Crippen molar-refractivity contribution in [1.29, 1.82) is 0 Å². The number of nitrogens with one attached hydrogen (secondary N) is 1. The lowest BCUT2D eigenvalue weighted by Gasteiger charge is -2.26. The second-order valence-electron chi connectivity index (χ2n) is 6.49. The fourth-order valence-electron chi connectivity index (χ4n) is 3.50. The largest absolute Gasteiger partial charge is 0.342 e. The molecule has 1 fully saturated rings. The number of H-pyrrole nitrogens is 1. The molecule has 0 unspecified atom stereocenters. The van der Waals surface area contributed by atoms with Crippen LogP contribution in [-0.4, -0.2) is 39.6 Å². The molecule has 1 aliphatic heterocycles. The van der Waals surface area contributed by atoms with Gasteiger partial charge in [-0.1, -0.05) is 11.8 Å². The molecule has 24 heavy (non-hydrogen) atoms. The lowest BCUT2D eigenvalue weighted by molar-refractivity contribution is -0.129. The number of hydrogen-bond donors (Lipinski definition) is 1. The van der Waals surface area contributed by atoms with Crippen LogP contribution in [0.5, 0.6) is 0 Å². The maximum Gasteiger partial charge on any atom is 0.233 e. The van der Waals surface area contributed by atoms with Gasteiger partial charge in [0.2, 0.25) is 11.3 Å². The van der Waals surface area contributed by atoms with Crippen LogP contribution in [0.3, 0.4) is 0 Å². The zero-order valence-corrected chi connectivity index (χ0v) is 15.2. The molecule has 128 valence electrons. The van der Waals surface area contributed by atoms with Gasteiger partial charge in [0.1, 0.15) is 10.3 Å². The number of amides is 1. The number of fused-ring (bicyclic) bond motifs is 2. The molecule has 0 saturated carbocycles. The lowest BCUT2D eigenvalue weighted by Crippen LogP contribution is -2.36. The molecule has 2 aromatic heterocycles. The molecular weight excluding hydrogens is 342 g/mol. The summed E-state index contributed by atoms with van der Waals surface area (Å²) in [6.45, 7) is 1.75. The molecule has 1 amide bonds. The summed E-state index contributed by atoms with van der Waals surface area (Å²) in [6, 6.07) is 0. The topological polar surface area (TPSA) is 66.1 Å². The van der Waals surface area contributed by atoms with Crippen LogP contribution in [0.1, 0.15) is 42.5 Å². The Morgan fingerprint density at radius 3 is 2.79 bits per heavy atom. The second-order valence-corrected chi connectivity index (χ2v) is 8.54. The molecule has 2 aromatic rings. The Morgan fingerprint density at radius 2 is 1.96 bits per heavy atom. The quantitative estimate of drug-likeness (QED) is 0.852. The number of hydrogen-bond acceptors (Lipinski definition) is 5. The molecule has 0 bridgehead atoms. The molecule has 1 saturated heterocycles. The van der Waals surface area contributed by atoms with Crippen molar-refractivity contribution in [2.24, 2.45) is 0 Å². The van der Waals surface area contributed by atoms with Crippen LogP contribution in [0.4, 0.5) is 0 Å². The summed E-state index contributed by atoms with van der Waals surface area (Å²) in [5.74, 6) is 0.559. The van der Waals surface area contributed by atoms with E-state index in [0.717, 1.165) is 62.0 Å². The summed E-state index contributed by atoms with van der Waals surface area (Å²) in [7, 11) is 0. The number of carbonyl (C=O) groups is 1. The Hall–Kier alpha value is -1.34. The normalized spacial score (nSPS) is 17.9. The number of aromatic amines is 1. The Morgan fingerprint density at radius 1 is 1.17 bits per heavy atom. The maximum atomic E-state index is 12.6. The number of nitrogens with zero attached hydrogens (tertiary/aromatic N) is 2. The summed E-state index contributed by atoms with van der Waals surface area (Å²) >= 11 is 3.04. The van der Waals surface area contributed by atoms with Gasteiger partial charge in [-0.3, -0.25) is 9.59 Å². The molecule has 5 nitrogen and oxygen atoms in total. The zero-order valence-electron chi connectivity index (χ0n) is 13.6. The Labute approximate surface area is 148 Å². The smallest absolute Gasteiger partial charge is 0.233 e. The molecule has 3 heterocycles. The highest BCUT2D eigenvalue weighted by molar-refractivity contribution is 7.99. The first-order chi connectivity index (χ1) is 11.7. The molecule has 0 aromatic carbocycles. The lowest BCUT2D eigenvalue weighted by atomic mass is 9.98. The van der Waals surface area contributed by atoms with Gasteiger partial charge in [0.25, 0.3) is 0 Å². The average molecular weight is 364 g/mol. The predicted molar refractivity (Wildman–Crippen MR) is 98.0 cm³/mol. The van der Waals surface area contributed by atoms with Crippen molar-refractivity contribution in [3.05, 3.63) is 20.7 Å². The van der Waals surface area contributed by atoms with Crippen molar-refractivity contribution < 1.29 is 4.79 Å². The minimum Gasteiger partial charge on any atom is -0.342 e. The average Bonchev–Trinajstić information content (AvgIpc) is 3.04. The van der Waals surface area contributed by atoms with E-state index in [1.165, 1.54) is 23.1 Å². The SMILES string of the molecule is O=C(CSc1nc2sc3c(c(=O)c2[nH]1)CCCC3)N1CCCCC1. The van der Waals surface area contributed by atoms with E-state index in [0.29, 0.717) is 16.4 Å². The molecule has 0 atom stereocenters. The van der Waals surface area contributed by atoms with Gasteiger partial charge in [0.15, 0.2) is 5.16 Å². The minimum absolute atomic E-state index is 0.111. The highest BCUT2D eigenvalue weighted by Crippen LogP contribution is 2.28. The van der Waals surface area contributed by atoms with Crippen LogP contribution in [-0.2, 0) is 17.6 Å². The number of carbonyl (C=O) groups excluding carboxylic acids is 1. The highest BCUT2D eigenvalue weighted by Gasteiger charge is 2.20. The standard InChI is InChI=1S/C17H21N3O2S2/c21-13(20-8-4-1-5-9-20)10-23-17-18-14-15(22)11-6-2-3-7-12(11)24-16(14)19-17/h1-10H2,(H,18,19). The first kappa shape index (κ1) is 16.1. The minimum atomic E-state index is 0.111. The van der Waals surface area contributed by atoms with Gasteiger partial charge in [-0.2, -0.15) is 0 Å². The second kappa shape index (κ2) is 6.88. The van der Waals surface area contributed by atoms with Crippen molar-refractivity contribution in [1.82, 2.24) is 14.9 Å². The molecule has 4 rings (SSSR count). The molecule has 7 heteroatoms. The summed E-state index contributed by atoms with van der Waals surface area (Å²) in [5.41, 5.74) is 1.71. The fraction of sp³-hybridized carbons (Fsp3) is 0.588. The number of aryl methyl sites for hydroxylation is 1. The summed E-state index contributed by atoms with van der Waals surface area (Å²) in [5, 5.41) is 0.686. The van der Waals surface area contributed by atoms with E-state index in [1.54, 1.807) is 11.3 Å². The van der Waals surface area contributed by atoms with Crippen LogP contribution in [0.2, 0.25) is 0 Å². The van der Waals surface area contributed by atoms with E-state index in [-0.39, 0.29) is 11.3 Å². The van der Waals surface area contributed by atoms with E-state index in [1.807, 2.05) is 4.90 Å². The third-order valence-electron chi connectivity index (χ3n) is 4.83. The fourth-order valence-corrected chi connectivity index (χ4v) is 5.51. The predicted octanol–water partition coefficient (Wildman–Crippen LogP) is 2.97. The third-order valence-corrected chi connectivity index (χ3v) is 6.87. The number of piperidine rings is 1. The number of imidazole rings is 1. The van der Waals surface area contributed by atoms with Gasteiger partial charge in [0.05, 0.1) is 5.75 Å². The van der Waals surface area contributed by atoms with E-state index >= 15 is 0 Å². The zero-order chi connectivity index (χ0) is 16.5. The van der Waals surface area contributed by atoms with Crippen LogP contribution >= 0.6 is 23.1 Å².